The summed E-state index contributed by atoms with van der Waals surface area (Å²) in [7, 11) is 0. The quantitative estimate of drug-likeness (QED) is 0.492. The Morgan fingerprint density at radius 2 is 1.07 bits per heavy atom. The van der Waals surface area contributed by atoms with Gasteiger partial charge in [-0.05, 0) is 17.8 Å². The van der Waals surface area contributed by atoms with Gasteiger partial charge in [0.2, 0.25) is 0 Å². The third-order valence-corrected chi connectivity index (χ3v) is 3.12. The summed E-state index contributed by atoms with van der Waals surface area (Å²) in [5, 5.41) is 0. The van der Waals surface area contributed by atoms with Crippen LogP contribution in [0.2, 0.25) is 0 Å². The van der Waals surface area contributed by atoms with E-state index >= 15 is 0 Å². The van der Waals surface area contributed by atoms with Gasteiger partial charge in [-0.15, -0.1) is 0 Å². The van der Waals surface area contributed by atoms with Gasteiger partial charge in [-0.1, -0.05) is 81.6 Å². The second-order valence-corrected chi connectivity index (χ2v) is 5.17. The molecule has 1 aliphatic rings. The van der Waals surface area contributed by atoms with Crippen LogP contribution < -0.4 is 0 Å². The summed E-state index contributed by atoms with van der Waals surface area (Å²) in [6.45, 7) is 11.4. The molecule has 0 radical (unpaired) electrons. The monoisotopic (exact) mass is 216 g/mol. The van der Waals surface area contributed by atoms with Gasteiger partial charge in [0.15, 0.2) is 0 Å². The molecule has 1 fully saturated rings. The fourth-order valence-corrected chi connectivity index (χ4v) is 1.43. The van der Waals surface area contributed by atoms with Crippen molar-refractivity contribution >= 4 is 0 Å². The Balaban J connectivity index is -0.000000185. The van der Waals surface area contributed by atoms with Gasteiger partial charge in [0, 0.05) is 0 Å². The molecule has 1 aliphatic carbocycles. The molecule has 1 saturated carbocycles. The van der Waals surface area contributed by atoms with Crippen LogP contribution in [0.15, 0.2) is 0 Å². The van der Waals surface area contributed by atoms with E-state index in [0.717, 1.165) is 17.8 Å². The molecular weight excluding hydrogens is 180 g/mol. The van der Waals surface area contributed by atoms with E-state index in [9.17, 15) is 0 Å². The second kappa shape index (κ2) is 12.1. The van der Waals surface area contributed by atoms with Gasteiger partial charge in [-0.2, -0.15) is 0 Å². The third-order valence-electron chi connectivity index (χ3n) is 3.12. The highest BCUT2D eigenvalue weighted by molar-refractivity contribution is 4.65. The molecule has 0 aromatic rings. The zero-order valence-electron chi connectivity index (χ0n) is 10.3. The SMILES string of the molecule is C.C.CC1CCC(C)CC1.CCC(C)C. The maximum absolute atomic E-state index is 2.37. The zero-order chi connectivity index (χ0) is 10.3. The predicted molar refractivity (Wildman–Crippen MR) is 75.4 cm³/mol. The summed E-state index contributed by atoms with van der Waals surface area (Å²) in [5.74, 6) is 2.92. The molecule has 0 heteroatoms. The molecule has 0 unspecified atom stereocenters. The molecule has 0 saturated heterocycles. The maximum Gasteiger partial charge on any atom is -0.0443 e. The Labute approximate surface area is 99.9 Å². The van der Waals surface area contributed by atoms with Crippen LogP contribution in [0.1, 0.15) is 81.6 Å². The van der Waals surface area contributed by atoms with Gasteiger partial charge in [0.25, 0.3) is 0 Å². The highest BCUT2D eigenvalue weighted by Crippen LogP contribution is 2.27. The first-order valence-electron chi connectivity index (χ1n) is 6.06. The van der Waals surface area contributed by atoms with Crippen molar-refractivity contribution in [3.63, 3.8) is 0 Å². The van der Waals surface area contributed by atoms with Crippen LogP contribution in [0.3, 0.4) is 0 Å². The van der Waals surface area contributed by atoms with Crippen molar-refractivity contribution in [2.75, 3.05) is 0 Å². The van der Waals surface area contributed by atoms with E-state index in [4.69, 9.17) is 0 Å². The highest BCUT2D eigenvalue weighted by Gasteiger charge is 2.13. The van der Waals surface area contributed by atoms with E-state index in [1.165, 1.54) is 32.1 Å². The second-order valence-electron chi connectivity index (χ2n) is 5.17. The molecule has 96 valence electrons. The third kappa shape index (κ3) is 14.0. The molecule has 0 amide bonds. The van der Waals surface area contributed by atoms with Crippen LogP contribution in [0, 0.1) is 17.8 Å². The molecule has 0 aromatic carbocycles. The molecule has 0 bridgehead atoms. The first-order chi connectivity index (χ1) is 6.06. The fourth-order valence-electron chi connectivity index (χ4n) is 1.43. The first-order valence-corrected chi connectivity index (χ1v) is 6.06. The minimum absolute atomic E-state index is 0. The summed E-state index contributed by atoms with van der Waals surface area (Å²) in [5.41, 5.74) is 0. The Kier molecular flexibility index (Phi) is 16.4. The number of rotatable bonds is 1. The zero-order valence-corrected chi connectivity index (χ0v) is 10.3. The van der Waals surface area contributed by atoms with Crippen LogP contribution in [0.25, 0.3) is 0 Å². The van der Waals surface area contributed by atoms with Crippen molar-refractivity contribution in [2.24, 2.45) is 17.8 Å². The van der Waals surface area contributed by atoms with Crippen LogP contribution in [0.4, 0.5) is 0 Å². The summed E-state index contributed by atoms with van der Waals surface area (Å²) >= 11 is 0. The Morgan fingerprint density at radius 3 is 1.20 bits per heavy atom. The molecule has 0 aliphatic heterocycles. The normalized spacial score (nSPS) is 24.4. The number of hydrogen-bond donors (Lipinski definition) is 0. The standard InChI is InChI=1S/C8H16.C5H12.2CH4/c1-7-3-5-8(2)6-4-7;1-4-5(2)3;;/h7-8H,3-6H2,1-2H3;5H,4H2,1-3H3;2*1H4. The van der Waals surface area contributed by atoms with Gasteiger partial charge < -0.3 is 0 Å². The van der Waals surface area contributed by atoms with Crippen LogP contribution in [-0.2, 0) is 0 Å². The van der Waals surface area contributed by atoms with E-state index in [-0.39, 0.29) is 14.9 Å². The molecule has 0 aromatic heterocycles. The van der Waals surface area contributed by atoms with Crippen molar-refractivity contribution in [2.45, 2.75) is 81.6 Å². The molecule has 0 atom stereocenters. The molecule has 0 N–H and O–H groups in total. The van der Waals surface area contributed by atoms with E-state index in [1.807, 2.05) is 0 Å². The Bertz CT molecular complexity index is 86.6. The lowest BCUT2D eigenvalue weighted by atomic mass is 9.84. The fraction of sp³-hybridized carbons (Fsp3) is 1.00. The molecule has 0 heterocycles. The van der Waals surface area contributed by atoms with Gasteiger partial charge >= 0.3 is 0 Å². The highest BCUT2D eigenvalue weighted by atomic mass is 14.2. The van der Waals surface area contributed by atoms with Crippen LogP contribution in [-0.4, -0.2) is 0 Å². The van der Waals surface area contributed by atoms with Gasteiger partial charge in [-0.25, -0.2) is 0 Å². The first kappa shape index (κ1) is 20.4. The van der Waals surface area contributed by atoms with Gasteiger partial charge in [0.1, 0.15) is 0 Å². The smallest absolute Gasteiger partial charge is 0.0443 e. The average Bonchev–Trinajstić information content (AvgIpc) is 2.11. The lowest BCUT2D eigenvalue weighted by molar-refractivity contribution is 0.308. The predicted octanol–water partition coefficient (Wildman–Crippen LogP) is 6.16. The minimum Gasteiger partial charge on any atom is -0.0776 e. The Morgan fingerprint density at radius 1 is 0.867 bits per heavy atom. The Hall–Kier alpha value is 0. The van der Waals surface area contributed by atoms with Crippen molar-refractivity contribution in [3.8, 4) is 0 Å². The summed E-state index contributed by atoms with van der Waals surface area (Å²) in [6.07, 6.45) is 7.20. The van der Waals surface area contributed by atoms with Gasteiger partial charge in [-0.3, -0.25) is 0 Å². The summed E-state index contributed by atoms with van der Waals surface area (Å²) in [4.78, 5) is 0. The maximum atomic E-state index is 2.37. The minimum atomic E-state index is 0. The van der Waals surface area contributed by atoms with Gasteiger partial charge in [0.05, 0.1) is 0 Å². The molecule has 0 spiro atoms. The summed E-state index contributed by atoms with van der Waals surface area (Å²) < 4.78 is 0. The van der Waals surface area contributed by atoms with E-state index < -0.39 is 0 Å². The summed E-state index contributed by atoms with van der Waals surface area (Å²) in [6, 6.07) is 0. The molecule has 0 nitrogen and oxygen atoms in total. The van der Waals surface area contributed by atoms with Crippen LogP contribution in [0.5, 0.6) is 0 Å². The van der Waals surface area contributed by atoms with E-state index in [2.05, 4.69) is 34.6 Å². The van der Waals surface area contributed by atoms with Crippen molar-refractivity contribution < 1.29 is 0 Å². The average molecular weight is 216 g/mol. The van der Waals surface area contributed by atoms with Crippen molar-refractivity contribution in [1.29, 1.82) is 0 Å². The molecule has 15 heavy (non-hydrogen) atoms. The molecular formula is C15H36. The lowest BCUT2D eigenvalue weighted by Gasteiger charge is -2.22. The lowest BCUT2D eigenvalue weighted by Crippen LogP contribution is -2.08. The van der Waals surface area contributed by atoms with Crippen molar-refractivity contribution in [3.05, 3.63) is 0 Å². The van der Waals surface area contributed by atoms with E-state index in [1.54, 1.807) is 0 Å². The largest absolute Gasteiger partial charge is 0.0776 e. The topological polar surface area (TPSA) is 0 Å². The molecule has 1 rings (SSSR count). The van der Waals surface area contributed by atoms with Crippen LogP contribution >= 0.6 is 0 Å². The van der Waals surface area contributed by atoms with Crippen molar-refractivity contribution in [1.82, 2.24) is 0 Å². The number of hydrogen-bond acceptors (Lipinski definition) is 0. The van der Waals surface area contributed by atoms with E-state index in [0.29, 0.717) is 0 Å².